The largest absolute Gasteiger partial charge is 0.444 e. The molecule has 10 heteroatoms. The molecule has 0 spiro atoms. The van der Waals surface area contributed by atoms with Crippen LogP contribution in [0.15, 0.2) is 0 Å². The van der Waals surface area contributed by atoms with Crippen LogP contribution in [-0.4, -0.2) is 67.2 Å². The first kappa shape index (κ1) is 19.9. The highest BCUT2D eigenvalue weighted by molar-refractivity contribution is 7.86. The molecule has 0 bridgehead atoms. The van der Waals surface area contributed by atoms with Crippen LogP contribution in [-0.2, 0) is 23.8 Å². The Morgan fingerprint density at radius 2 is 2.08 bits per heavy atom. The summed E-state index contributed by atoms with van der Waals surface area (Å²) in [5, 5.41) is 13.7. The molecule has 0 aromatic heterocycles. The van der Waals surface area contributed by atoms with Crippen molar-refractivity contribution >= 4 is 22.1 Å². The number of nitrogens with one attached hydrogen (secondary N) is 1. The van der Waals surface area contributed by atoms with E-state index in [4.69, 9.17) is 8.92 Å². The quantitative estimate of drug-likeness (QED) is 0.669. The van der Waals surface area contributed by atoms with Crippen LogP contribution in [0.1, 0.15) is 40.0 Å². The molecule has 0 aliphatic carbocycles. The number of likely N-dealkylation sites (tertiary alicyclic amines) is 1. The smallest absolute Gasteiger partial charge is 0.412 e. The molecule has 0 saturated carbocycles. The Bertz CT molecular complexity index is 643. The van der Waals surface area contributed by atoms with Gasteiger partial charge in [-0.1, -0.05) is 0 Å². The molecular weight excluding hydrogens is 352 g/mol. The standard InChI is InChI=1S/C15H26N2O7S/c1-14(2,3)23-13(19)17-9-11(24-25(4,21)22)8-15(17,20)7-10-5-6-16-12(10)18/h10-11,20H,5-9H2,1-4H3,(H,16,18)/t10-,11+,15-/m0/s1. The highest BCUT2D eigenvalue weighted by Gasteiger charge is 2.51. The number of nitrogens with zero attached hydrogens (tertiary/aromatic N) is 1. The summed E-state index contributed by atoms with van der Waals surface area (Å²) in [5.74, 6) is -0.642. The molecule has 2 rings (SSSR count). The van der Waals surface area contributed by atoms with E-state index in [9.17, 15) is 23.1 Å². The second-order valence-electron chi connectivity index (χ2n) is 7.68. The van der Waals surface area contributed by atoms with Crippen molar-refractivity contribution in [3.05, 3.63) is 0 Å². The summed E-state index contributed by atoms with van der Waals surface area (Å²) < 4.78 is 33.1. The van der Waals surface area contributed by atoms with E-state index < -0.39 is 39.6 Å². The molecule has 0 aromatic carbocycles. The van der Waals surface area contributed by atoms with Crippen LogP contribution < -0.4 is 5.32 Å². The molecule has 2 saturated heterocycles. The molecule has 2 aliphatic rings. The van der Waals surface area contributed by atoms with E-state index in [-0.39, 0.29) is 25.3 Å². The van der Waals surface area contributed by atoms with E-state index >= 15 is 0 Å². The van der Waals surface area contributed by atoms with Crippen molar-refractivity contribution in [1.29, 1.82) is 0 Å². The van der Waals surface area contributed by atoms with E-state index in [0.717, 1.165) is 11.2 Å². The molecule has 2 N–H and O–H groups in total. The van der Waals surface area contributed by atoms with Crippen molar-refractivity contribution in [3.8, 4) is 0 Å². The van der Waals surface area contributed by atoms with E-state index in [1.165, 1.54) is 0 Å². The molecule has 0 aromatic rings. The third-order valence-corrected chi connectivity index (χ3v) is 4.73. The highest BCUT2D eigenvalue weighted by atomic mass is 32.2. The van der Waals surface area contributed by atoms with Crippen LogP contribution in [0.4, 0.5) is 4.79 Å². The molecule has 2 heterocycles. The highest BCUT2D eigenvalue weighted by Crippen LogP contribution is 2.37. The van der Waals surface area contributed by atoms with Crippen molar-refractivity contribution < 1.29 is 32.0 Å². The molecule has 9 nitrogen and oxygen atoms in total. The Kier molecular flexibility index (Phi) is 5.36. The van der Waals surface area contributed by atoms with E-state index in [1.54, 1.807) is 20.8 Å². The summed E-state index contributed by atoms with van der Waals surface area (Å²) in [6.07, 6.45) is -0.317. The van der Waals surface area contributed by atoms with Gasteiger partial charge in [0, 0.05) is 25.3 Å². The summed E-state index contributed by atoms with van der Waals surface area (Å²) in [6, 6.07) is 0. The van der Waals surface area contributed by atoms with Gasteiger partial charge in [0.1, 0.15) is 11.3 Å². The maximum Gasteiger partial charge on any atom is 0.412 e. The fourth-order valence-corrected chi connectivity index (χ4v) is 3.84. The predicted octanol–water partition coefficient (Wildman–Crippen LogP) is 0.187. The van der Waals surface area contributed by atoms with Crippen LogP contribution in [0.25, 0.3) is 0 Å². The third-order valence-electron chi connectivity index (χ3n) is 4.10. The van der Waals surface area contributed by atoms with Gasteiger partial charge in [-0.2, -0.15) is 8.42 Å². The van der Waals surface area contributed by atoms with Crippen LogP contribution in [0.5, 0.6) is 0 Å². The van der Waals surface area contributed by atoms with Crippen LogP contribution in [0, 0.1) is 5.92 Å². The molecule has 0 unspecified atom stereocenters. The molecule has 3 atom stereocenters. The van der Waals surface area contributed by atoms with Crippen molar-refractivity contribution in [2.45, 2.75) is 57.5 Å². The Morgan fingerprint density at radius 1 is 1.44 bits per heavy atom. The zero-order valence-electron chi connectivity index (χ0n) is 14.9. The van der Waals surface area contributed by atoms with E-state index in [0.29, 0.717) is 13.0 Å². The van der Waals surface area contributed by atoms with Gasteiger partial charge in [-0.3, -0.25) is 13.9 Å². The zero-order chi connectivity index (χ0) is 19.0. The van der Waals surface area contributed by atoms with Gasteiger partial charge in [0.25, 0.3) is 10.1 Å². The second kappa shape index (κ2) is 6.73. The molecule has 25 heavy (non-hydrogen) atoms. The third kappa shape index (κ3) is 5.29. The maximum atomic E-state index is 12.5. The lowest BCUT2D eigenvalue weighted by atomic mass is 9.93. The Balaban J connectivity index is 2.21. The van der Waals surface area contributed by atoms with Crippen molar-refractivity contribution in [3.63, 3.8) is 0 Å². The van der Waals surface area contributed by atoms with Gasteiger partial charge in [0.05, 0.1) is 18.9 Å². The lowest BCUT2D eigenvalue weighted by molar-refractivity contribution is -0.130. The van der Waals surface area contributed by atoms with Gasteiger partial charge >= 0.3 is 6.09 Å². The van der Waals surface area contributed by atoms with E-state index in [1.807, 2.05) is 0 Å². The fraction of sp³-hybridized carbons (Fsp3) is 0.867. The maximum absolute atomic E-state index is 12.5. The van der Waals surface area contributed by atoms with Gasteiger partial charge in [0.15, 0.2) is 0 Å². The van der Waals surface area contributed by atoms with Crippen LogP contribution in [0.3, 0.4) is 0 Å². The number of carbonyl (C=O) groups excluding carboxylic acids is 2. The molecular formula is C15H26N2O7S. The normalized spacial score (nSPS) is 30.4. The minimum atomic E-state index is -3.75. The number of hydrogen-bond donors (Lipinski definition) is 2. The number of amides is 2. The SMILES string of the molecule is CC(C)(C)OC(=O)N1C[C@H](OS(C)(=O)=O)C[C@@]1(O)C[C@@H]1CCNC1=O. The van der Waals surface area contributed by atoms with Crippen molar-refractivity contribution in [2.75, 3.05) is 19.3 Å². The minimum Gasteiger partial charge on any atom is -0.444 e. The van der Waals surface area contributed by atoms with Gasteiger partial charge in [-0.15, -0.1) is 0 Å². The molecule has 2 aliphatic heterocycles. The van der Waals surface area contributed by atoms with Gasteiger partial charge in [-0.25, -0.2) is 4.79 Å². The van der Waals surface area contributed by atoms with E-state index in [2.05, 4.69) is 5.32 Å². The van der Waals surface area contributed by atoms with Crippen molar-refractivity contribution in [1.82, 2.24) is 10.2 Å². The second-order valence-corrected chi connectivity index (χ2v) is 9.28. The molecule has 144 valence electrons. The Labute approximate surface area is 147 Å². The fourth-order valence-electron chi connectivity index (χ4n) is 3.21. The summed E-state index contributed by atoms with van der Waals surface area (Å²) in [7, 11) is -3.75. The van der Waals surface area contributed by atoms with Gasteiger partial charge in [-0.05, 0) is 27.2 Å². The topological polar surface area (TPSA) is 122 Å². The average molecular weight is 378 g/mol. The van der Waals surface area contributed by atoms with Gasteiger partial charge < -0.3 is 15.2 Å². The number of ether oxygens (including phenoxy) is 1. The first-order valence-corrected chi connectivity index (χ1v) is 10.00. The monoisotopic (exact) mass is 378 g/mol. The Hall–Kier alpha value is -1.39. The van der Waals surface area contributed by atoms with Crippen LogP contribution in [0.2, 0.25) is 0 Å². The lowest BCUT2D eigenvalue weighted by Crippen LogP contribution is -2.50. The summed E-state index contributed by atoms with van der Waals surface area (Å²) in [4.78, 5) is 25.4. The Morgan fingerprint density at radius 3 is 2.56 bits per heavy atom. The van der Waals surface area contributed by atoms with Crippen LogP contribution >= 0.6 is 0 Å². The van der Waals surface area contributed by atoms with Gasteiger partial charge in [0.2, 0.25) is 5.91 Å². The number of hydrogen-bond acceptors (Lipinski definition) is 7. The number of carbonyl (C=O) groups is 2. The molecule has 2 fully saturated rings. The summed E-state index contributed by atoms with van der Waals surface area (Å²) in [5.41, 5.74) is -2.48. The molecule has 2 amide bonds. The number of rotatable bonds is 4. The first-order valence-electron chi connectivity index (χ1n) is 8.18. The van der Waals surface area contributed by atoms with Crippen molar-refractivity contribution in [2.24, 2.45) is 5.92 Å². The lowest BCUT2D eigenvalue weighted by Gasteiger charge is -2.35. The first-order chi connectivity index (χ1) is 11.3. The predicted molar refractivity (Wildman–Crippen MR) is 88.0 cm³/mol. The minimum absolute atomic E-state index is 0.00168. The zero-order valence-corrected chi connectivity index (χ0v) is 15.8. The summed E-state index contributed by atoms with van der Waals surface area (Å²) >= 11 is 0. The number of aliphatic hydroxyl groups is 1. The average Bonchev–Trinajstić information content (AvgIpc) is 2.90. The molecule has 0 radical (unpaired) electrons. The summed E-state index contributed by atoms with van der Waals surface area (Å²) in [6.45, 7) is 5.45.